The zero-order valence-corrected chi connectivity index (χ0v) is 23.9. The molecule has 1 amide bonds. The summed E-state index contributed by atoms with van der Waals surface area (Å²) in [5.74, 6) is -0.230. The van der Waals surface area contributed by atoms with Crippen LogP contribution in [0.2, 0.25) is 0 Å². The quantitative estimate of drug-likeness (QED) is 0.322. The summed E-state index contributed by atoms with van der Waals surface area (Å²) in [4.78, 5) is 30.3. The van der Waals surface area contributed by atoms with Crippen molar-refractivity contribution < 1.29 is 19.1 Å². The summed E-state index contributed by atoms with van der Waals surface area (Å²) in [6.07, 6.45) is 5.11. The van der Waals surface area contributed by atoms with Crippen LogP contribution in [0.1, 0.15) is 38.3 Å². The predicted octanol–water partition coefficient (Wildman–Crippen LogP) is 6.92. The number of fused-ring (bicyclic) bond motifs is 1. The number of carbonyl (C=O) groups is 2. The summed E-state index contributed by atoms with van der Waals surface area (Å²) < 4.78 is 11.3. The van der Waals surface area contributed by atoms with Crippen molar-refractivity contribution in [3.05, 3.63) is 113 Å². The SMILES string of the molecule is COC(=O)C1(Cc2ccccc2)Cc2c(-c3ccccc3)cccc2N1C(=O)C1C=CC(C(C)(C)C)=C(OC)C1. The molecule has 5 rings (SSSR count). The van der Waals surface area contributed by atoms with Crippen LogP contribution in [0.5, 0.6) is 0 Å². The second-order valence-electron chi connectivity index (χ2n) is 11.7. The molecule has 0 bridgehead atoms. The topological polar surface area (TPSA) is 55.8 Å². The van der Waals surface area contributed by atoms with Gasteiger partial charge in [0.25, 0.3) is 0 Å². The molecule has 3 aromatic carbocycles. The number of hydrogen-bond donors (Lipinski definition) is 0. The van der Waals surface area contributed by atoms with E-state index in [9.17, 15) is 9.59 Å². The van der Waals surface area contributed by atoms with Gasteiger partial charge in [-0.25, -0.2) is 4.79 Å². The number of methoxy groups -OCH3 is 2. The fraction of sp³-hybridized carbons (Fsp3) is 0.314. The van der Waals surface area contributed by atoms with E-state index < -0.39 is 17.4 Å². The Labute approximate surface area is 237 Å². The fourth-order valence-electron chi connectivity index (χ4n) is 6.17. The molecular formula is C35H37NO4. The van der Waals surface area contributed by atoms with E-state index in [1.165, 1.54) is 7.11 Å². The molecule has 5 nitrogen and oxygen atoms in total. The highest BCUT2D eigenvalue weighted by atomic mass is 16.5. The highest BCUT2D eigenvalue weighted by Crippen LogP contribution is 2.47. The lowest BCUT2D eigenvalue weighted by Gasteiger charge is -2.39. The van der Waals surface area contributed by atoms with Crippen LogP contribution in [0.25, 0.3) is 11.1 Å². The summed E-state index contributed by atoms with van der Waals surface area (Å²) >= 11 is 0. The van der Waals surface area contributed by atoms with Gasteiger partial charge >= 0.3 is 5.97 Å². The first-order valence-corrected chi connectivity index (χ1v) is 13.8. The number of carbonyl (C=O) groups excluding carboxylic acids is 2. The van der Waals surface area contributed by atoms with Gasteiger partial charge in [0.05, 0.1) is 20.1 Å². The molecule has 1 aliphatic heterocycles. The Balaban J connectivity index is 1.66. The molecule has 1 aliphatic carbocycles. The molecule has 0 N–H and O–H groups in total. The predicted molar refractivity (Wildman–Crippen MR) is 159 cm³/mol. The lowest BCUT2D eigenvalue weighted by molar-refractivity contribution is -0.148. The number of rotatable bonds is 6. The van der Waals surface area contributed by atoms with Gasteiger partial charge in [-0.05, 0) is 39.3 Å². The Morgan fingerprint density at radius 1 is 0.925 bits per heavy atom. The number of anilines is 1. The molecule has 2 aliphatic rings. The van der Waals surface area contributed by atoms with Crippen LogP contribution in [0, 0.1) is 11.3 Å². The van der Waals surface area contributed by atoms with Crippen LogP contribution in [-0.4, -0.2) is 31.6 Å². The van der Waals surface area contributed by atoms with E-state index in [-0.39, 0.29) is 11.3 Å². The summed E-state index contributed by atoms with van der Waals surface area (Å²) in [5, 5.41) is 0. The maximum absolute atomic E-state index is 14.6. The minimum atomic E-state index is -1.23. The monoisotopic (exact) mass is 535 g/mol. The van der Waals surface area contributed by atoms with Crippen LogP contribution in [0.3, 0.4) is 0 Å². The van der Waals surface area contributed by atoms with E-state index in [1.54, 1.807) is 12.0 Å². The van der Waals surface area contributed by atoms with Gasteiger partial charge in [-0.3, -0.25) is 9.69 Å². The van der Waals surface area contributed by atoms with Crippen molar-refractivity contribution >= 4 is 17.6 Å². The van der Waals surface area contributed by atoms with Crippen molar-refractivity contribution in [1.82, 2.24) is 0 Å². The molecular weight excluding hydrogens is 498 g/mol. The van der Waals surface area contributed by atoms with Crippen LogP contribution in [-0.2, 0) is 31.9 Å². The van der Waals surface area contributed by atoms with Crippen LogP contribution in [0.15, 0.2) is 102 Å². The average Bonchev–Trinajstić information content (AvgIpc) is 3.31. The van der Waals surface area contributed by atoms with Gasteiger partial charge in [-0.1, -0.05) is 106 Å². The van der Waals surface area contributed by atoms with E-state index in [1.807, 2.05) is 72.8 Å². The Hall–Kier alpha value is -4.12. The zero-order valence-electron chi connectivity index (χ0n) is 23.9. The second-order valence-corrected chi connectivity index (χ2v) is 11.7. The van der Waals surface area contributed by atoms with E-state index in [0.717, 1.165) is 39.3 Å². The van der Waals surface area contributed by atoms with Crippen LogP contribution in [0.4, 0.5) is 5.69 Å². The standard InChI is InChI=1S/C35H37NO4/c1-34(2,3)29-20-19-26(21-31(29)39-4)32(37)36-30-18-12-17-27(25-15-10-7-11-16-25)28(30)23-35(36,33(38)40-5)22-24-13-8-6-9-14-24/h6-20,26H,21-23H2,1-5H3. The first-order valence-electron chi connectivity index (χ1n) is 13.8. The lowest BCUT2D eigenvalue weighted by Crippen LogP contribution is -2.59. The van der Waals surface area contributed by atoms with E-state index in [0.29, 0.717) is 19.3 Å². The van der Waals surface area contributed by atoms with Gasteiger partial charge in [0, 0.05) is 24.9 Å². The van der Waals surface area contributed by atoms with E-state index in [4.69, 9.17) is 9.47 Å². The number of benzene rings is 3. The third kappa shape index (κ3) is 4.85. The average molecular weight is 536 g/mol. The Bertz CT molecular complexity index is 1470. The molecule has 40 heavy (non-hydrogen) atoms. The molecule has 206 valence electrons. The summed E-state index contributed by atoms with van der Waals surface area (Å²) in [6.45, 7) is 6.41. The summed E-state index contributed by atoms with van der Waals surface area (Å²) in [6, 6.07) is 25.9. The van der Waals surface area contributed by atoms with Gasteiger partial charge in [0.1, 0.15) is 5.76 Å². The number of nitrogens with zero attached hydrogens (tertiary/aromatic N) is 1. The molecule has 0 aromatic heterocycles. The number of allylic oxidation sites excluding steroid dienone is 3. The van der Waals surface area contributed by atoms with Gasteiger partial charge in [-0.15, -0.1) is 0 Å². The Morgan fingerprint density at radius 2 is 1.60 bits per heavy atom. The molecule has 3 aromatic rings. The molecule has 5 heteroatoms. The first kappa shape index (κ1) is 27.4. The van der Waals surface area contributed by atoms with Gasteiger partial charge in [0.2, 0.25) is 5.91 Å². The zero-order chi connectivity index (χ0) is 28.5. The summed E-state index contributed by atoms with van der Waals surface area (Å²) in [5.41, 5.74) is 4.48. The molecule has 1 heterocycles. The minimum absolute atomic E-state index is 0.121. The maximum Gasteiger partial charge on any atom is 0.332 e. The Kier molecular flexibility index (Phi) is 7.41. The van der Waals surface area contributed by atoms with Crippen molar-refractivity contribution in [2.75, 3.05) is 19.1 Å². The normalized spacial score (nSPS) is 20.3. The van der Waals surface area contributed by atoms with Gasteiger partial charge in [0.15, 0.2) is 5.54 Å². The summed E-state index contributed by atoms with van der Waals surface area (Å²) in [7, 11) is 3.06. The molecule has 0 fully saturated rings. The number of ether oxygens (including phenoxy) is 2. The second kappa shape index (κ2) is 10.8. The fourth-order valence-corrected chi connectivity index (χ4v) is 6.17. The van der Waals surface area contributed by atoms with Crippen molar-refractivity contribution in [2.45, 2.75) is 45.6 Å². The molecule has 0 saturated carbocycles. The van der Waals surface area contributed by atoms with E-state index in [2.05, 4.69) is 39.0 Å². The molecule has 0 spiro atoms. The maximum atomic E-state index is 14.6. The van der Waals surface area contributed by atoms with Crippen LogP contribution < -0.4 is 4.90 Å². The molecule has 0 radical (unpaired) electrons. The molecule has 0 saturated heterocycles. The third-order valence-electron chi connectivity index (χ3n) is 8.07. The van der Waals surface area contributed by atoms with Crippen LogP contribution >= 0.6 is 0 Å². The molecule has 2 atom stereocenters. The number of hydrogen-bond acceptors (Lipinski definition) is 4. The number of amides is 1. The van der Waals surface area contributed by atoms with Crippen molar-refractivity contribution in [1.29, 1.82) is 0 Å². The van der Waals surface area contributed by atoms with E-state index >= 15 is 0 Å². The van der Waals surface area contributed by atoms with Crippen molar-refractivity contribution in [2.24, 2.45) is 11.3 Å². The lowest BCUT2D eigenvalue weighted by atomic mass is 9.79. The highest BCUT2D eigenvalue weighted by Gasteiger charge is 2.55. The minimum Gasteiger partial charge on any atom is -0.501 e. The number of esters is 1. The first-order chi connectivity index (χ1) is 19.2. The van der Waals surface area contributed by atoms with Crippen molar-refractivity contribution in [3.8, 4) is 11.1 Å². The Morgan fingerprint density at radius 3 is 2.23 bits per heavy atom. The largest absolute Gasteiger partial charge is 0.501 e. The van der Waals surface area contributed by atoms with Gasteiger partial charge in [-0.2, -0.15) is 0 Å². The third-order valence-corrected chi connectivity index (χ3v) is 8.07. The van der Waals surface area contributed by atoms with Gasteiger partial charge < -0.3 is 9.47 Å². The molecule has 2 unspecified atom stereocenters. The van der Waals surface area contributed by atoms with Crippen molar-refractivity contribution in [3.63, 3.8) is 0 Å². The highest BCUT2D eigenvalue weighted by molar-refractivity contribution is 6.08. The smallest absolute Gasteiger partial charge is 0.332 e.